The molecule has 265 valence electrons. The van der Waals surface area contributed by atoms with Crippen molar-refractivity contribution in [1.82, 2.24) is 19.5 Å². The number of nitrogens with zero attached hydrogens (tertiary/aromatic N) is 4. The Morgan fingerprint density at radius 2 is 1.54 bits per heavy atom. The van der Waals surface area contributed by atoms with E-state index in [0.717, 1.165) is 67.7 Å². The quantitative estimate of drug-likeness (QED) is 0.123. The fourth-order valence-corrected chi connectivity index (χ4v) is 10.3. The summed E-state index contributed by atoms with van der Waals surface area (Å²) in [5.74, 6) is 8.83. The SMILES string of the molecule is CC(C)Cc1cc(-c2[c-]cccc2)nc[c]1[Ge]([CH3])([CH3])[CH3].Cc1cccc(C)c1-c1ccc2c(n1)oc1c(-c3nc4ccccc4n3C)[c-]ccc12.[Ir]. The number of benzene rings is 4. The number of rotatable bonds is 6. The molecular formula is C45H44GeIrN4O-2. The standard InChI is InChI=1S/C27H20N3O.C18H24GeN.Ir/c1-16-8-6-9-17(2)24(16)22-15-14-19-18-10-7-11-20(25(18)31-27(19)29-22)26-28-21-12-4-5-13-23(21)30(26)3;1-14(2)11-16-12-18(15-9-7-6-8-10-15)20-13-17(16)19(3,4)5;/h4-10,12-15H,1-3H3;6-9,12-14H,11H2,1-5H3;/q2*-1;. The molecule has 0 fully saturated rings. The van der Waals surface area contributed by atoms with Crippen LogP contribution in [-0.4, -0.2) is 32.8 Å². The van der Waals surface area contributed by atoms with Gasteiger partial charge in [0.1, 0.15) is 0 Å². The Morgan fingerprint density at radius 3 is 2.23 bits per heavy atom. The molecule has 4 aromatic carbocycles. The molecule has 8 aromatic rings. The molecule has 0 saturated heterocycles. The maximum absolute atomic E-state index is 6.34. The van der Waals surface area contributed by atoms with Crippen molar-refractivity contribution in [2.24, 2.45) is 13.0 Å². The summed E-state index contributed by atoms with van der Waals surface area (Å²) >= 11 is -1.86. The normalized spacial score (nSPS) is 11.6. The van der Waals surface area contributed by atoms with Crippen molar-refractivity contribution in [2.45, 2.75) is 51.4 Å². The minimum absolute atomic E-state index is 0. The maximum Gasteiger partial charge on any atom is 0.216 e. The number of fused-ring (bicyclic) bond motifs is 4. The molecule has 0 atom stereocenters. The van der Waals surface area contributed by atoms with Crippen LogP contribution in [0.3, 0.4) is 0 Å². The molecule has 4 heterocycles. The monoisotopic (exact) mass is 923 g/mol. The molecule has 1 radical (unpaired) electrons. The summed E-state index contributed by atoms with van der Waals surface area (Å²) in [4.78, 5) is 14.4. The maximum atomic E-state index is 6.34. The van der Waals surface area contributed by atoms with E-state index in [4.69, 9.17) is 19.4 Å². The molecule has 0 amide bonds. The van der Waals surface area contributed by atoms with Crippen LogP contribution < -0.4 is 4.40 Å². The third-order valence-corrected chi connectivity index (χ3v) is 13.8. The Morgan fingerprint density at radius 1 is 0.788 bits per heavy atom. The Labute approximate surface area is 323 Å². The second-order valence-corrected chi connectivity index (χ2v) is 25.4. The first-order valence-electron chi connectivity index (χ1n) is 17.7. The van der Waals surface area contributed by atoms with Crippen LogP contribution in [0.5, 0.6) is 0 Å². The molecule has 5 nitrogen and oxygen atoms in total. The number of para-hydroxylation sites is 2. The fraction of sp³-hybridized carbons (Fsp3) is 0.222. The molecular weight excluding hydrogens is 877 g/mol. The third-order valence-electron chi connectivity index (χ3n) is 9.46. The van der Waals surface area contributed by atoms with Gasteiger partial charge in [0.25, 0.3) is 0 Å². The van der Waals surface area contributed by atoms with Gasteiger partial charge in [0.05, 0.1) is 28.1 Å². The van der Waals surface area contributed by atoms with Gasteiger partial charge in [0, 0.05) is 38.1 Å². The first-order valence-corrected chi connectivity index (χ1v) is 25.0. The summed E-state index contributed by atoms with van der Waals surface area (Å²) in [6, 6.07) is 39.6. The van der Waals surface area contributed by atoms with Gasteiger partial charge in [0.15, 0.2) is 0 Å². The van der Waals surface area contributed by atoms with Crippen LogP contribution in [0.2, 0.25) is 17.3 Å². The zero-order valence-electron chi connectivity index (χ0n) is 31.1. The first-order chi connectivity index (χ1) is 24.5. The molecule has 0 unspecified atom stereocenters. The summed E-state index contributed by atoms with van der Waals surface area (Å²) in [6.45, 7) is 8.81. The van der Waals surface area contributed by atoms with E-state index in [0.29, 0.717) is 11.6 Å². The Balaban J connectivity index is 0.000000193. The molecule has 7 heteroatoms. The van der Waals surface area contributed by atoms with Crippen molar-refractivity contribution in [3.8, 4) is 33.9 Å². The molecule has 0 saturated carbocycles. The topological polar surface area (TPSA) is 56.7 Å². The van der Waals surface area contributed by atoms with Crippen LogP contribution in [0.25, 0.3) is 67.0 Å². The first kappa shape index (κ1) is 37.4. The van der Waals surface area contributed by atoms with E-state index in [2.05, 4.69) is 116 Å². The van der Waals surface area contributed by atoms with Gasteiger partial charge in [-0.3, -0.25) is 4.98 Å². The van der Waals surface area contributed by atoms with Crippen molar-refractivity contribution >= 4 is 50.8 Å². The average molecular weight is 922 g/mol. The molecule has 0 aliphatic carbocycles. The second kappa shape index (κ2) is 15.3. The van der Waals surface area contributed by atoms with Gasteiger partial charge < -0.3 is 8.98 Å². The van der Waals surface area contributed by atoms with Gasteiger partial charge in [-0.2, -0.15) is 0 Å². The smallest absolute Gasteiger partial charge is 0.216 e. The number of hydrogen-bond acceptors (Lipinski definition) is 4. The van der Waals surface area contributed by atoms with Gasteiger partial charge >= 0.3 is 126 Å². The fourth-order valence-electron chi connectivity index (χ4n) is 7.00. The summed E-state index contributed by atoms with van der Waals surface area (Å²) in [6.07, 6.45) is 3.27. The van der Waals surface area contributed by atoms with Crippen molar-refractivity contribution in [2.75, 3.05) is 0 Å². The van der Waals surface area contributed by atoms with Crippen molar-refractivity contribution in [3.05, 3.63) is 132 Å². The molecule has 0 N–H and O–H groups in total. The van der Waals surface area contributed by atoms with Crippen molar-refractivity contribution in [3.63, 3.8) is 0 Å². The van der Waals surface area contributed by atoms with E-state index in [-0.39, 0.29) is 20.1 Å². The second-order valence-electron chi connectivity index (χ2n) is 14.8. The number of imidazole rings is 1. The average Bonchev–Trinajstić information content (AvgIpc) is 3.65. The third kappa shape index (κ3) is 7.43. The van der Waals surface area contributed by atoms with Crippen LogP contribution in [0.15, 0.2) is 108 Å². The number of aryl methyl sites for hydroxylation is 3. The molecule has 0 aliphatic rings. The van der Waals surface area contributed by atoms with Crippen LogP contribution >= 0.6 is 0 Å². The van der Waals surface area contributed by atoms with E-state index in [1.54, 1.807) is 4.40 Å². The molecule has 0 aliphatic heterocycles. The summed E-state index contributed by atoms with van der Waals surface area (Å²) < 4.78 is 9.96. The van der Waals surface area contributed by atoms with E-state index in [1.165, 1.54) is 16.7 Å². The molecule has 8 rings (SSSR count). The summed E-state index contributed by atoms with van der Waals surface area (Å²) in [5.41, 5.74) is 12.4. The minimum Gasteiger partial charge on any atom is -0.486 e. The van der Waals surface area contributed by atoms with E-state index < -0.39 is 13.3 Å². The van der Waals surface area contributed by atoms with Crippen LogP contribution in [0.1, 0.15) is 30.5 Å². The van der Waals surface area contributed by atoms with Crippen molar-refractivity contribution < 1.29 is 24.5 Å². The predicted octanol–water partition coefficient (Wildman–Crippen LogP) is 10.9. The van der Waals surface area contributed by atoms with Gasteiger partial charge in [0.2, 0.25) is 5.71 Å². The Kier molecular flexibility index (Phi) is 11.0. The largest absolute Gasteiger partial charge is 0.486 e. The minimum atomic E-state index is -1.86. The van der Waals surface area contributed by atoms with Gasteiger partial charge in [-0.1, -0.05) is 41.3 Å². The molecule has 0 spiro atoms. The Hall–Kier alpha value is -4.36. The number of pyridine rings is 2. The molecule has 0 bridgehead atoms. The predicted molar refractivity (Wildman–Crippen MR) is 215 cm³/mol. The van der Waals surface area contributed by atoms with Crippen LogP contribution in [0, 0.1) is 31.9 Å². The van der Waals surface area contributed by atoms with Crippen LogP contribution in [0.4, 0.5) is 0 Å². The van der Waals surface area contributed by atoms with Gasteiger partial charge in [-0.05, 0) is 49.2 Å². The van der Waals surface area contributed by atoms with E-state index in [9.17, 15) is 0 Å². The summed E-state index contributed by atoms with van der Waals surface area (Å²) in [5, 5.41) is 2.02. The number of hydrogen-bond donors (Lipinski definition) is 0. The number of furan rings is 1. The zero-order valence-corrected chi connectivity index (χ0v) is 35.6. The molecule has 52 heavy (non-hydrogen) atoms. The van der Waals surface area contributed by atoms with Gasteiger partial charge in [-0.25, -0.2) is 4.98 Å². The van der Waals surface area contributed by atoms with Gasteiger partial charge in [-0.15, -0.1) is 18.2 Å². The summed E-state index contributed by atoms with van der Waals surface area (Å²) in [7, 11) is 2.03. The van der Waals surface area contributed by atoms with Crippen molar-refractivity contribution in [1.29, 1.82) is 0 Å². The Bertz CT molecular complexity index is 2490. The molecule has 4 aromatic heterocycles. The van der Waals surface area contributed by atoms with E-state index >= 15 is 0 Å². The van der Waals surface area contributed by atoms with E-state index in [1.807, 2.05) is 55.6 Å². The zero-order chi connectivity index (χ0) is 35.9. The van der Waals surface area contributed by atoms with Crippen LogP contribution in [-0.2, 0) is 33.6 Å². The number of aromatic nitrogens is 4.